The van der Waals surface area contributed by atoms with Crippen LogP contribution in [0.15, 0.2) is 48.5 Å². The molecule has 0 aliphatic carbocycles. The number of carbonyl (C=O) groups is 1. The molecule has 1 aliphatic heterocycles. The van der Waals surface area contributed by atoms with Gasteiger partial charge in [0.2, 0.25) is 5.95 Å². The van der Waals surface area contributed by atoms with Crippen LogP contribution in [0, 0.1) is 0 Å². The Kier molecular flexibility index (Phi) is 4.93. The van der Waals surface area contributed by atoms with Crippen molar-refractivity contribution in [3.63, 3.8) is 0 Å². The van der Waals surface area contributed by atoms with Gasteiger partial charge >= 0.3 is 6.36 Å². The van der Waals surface area contributed by atoms with Crippen LogP contribution in [0.2, 0.25) is 0 Å². The number of nitrogens with zero attached hydrogens (tertiary/aromatic N) is 3. The number of carbonyl (C=O) groups excluding carboxylic acids is 1. The summed E-state index contributed by atoms with van der Waals surface area (Å²) in [5.74, 6) is 0.296. The quantitative estimate of drug-likeness (QED) is 0.630. The maximum absolute atomic E-state index is 12.4. The van der Waals surface area contributed by atoms with Gasteiger partial charge in [0.15, 0.2) is 12.1 Å². The molecule has 10 heteroatoms. The predicted octanol–water partition coefficient (Wildman–Crippen LogP) is 3.80. The molecule has 3 aromatic rings. The fourth-order valence-corrected chi connectivity index (χ4v) is 2.79. The van der Waals surface area contributed by atoms with Crippen LogP contribution in [0.25, 0.3) is 17.1 Å². The smallest absolute Gasteiger partial charge is 0.406 e. The van der Waals surface area contributed by atoms with Crippen molar-refractivity contribution in [3.05, 3.63) is 54.1 Å². The molecule has 150 valence electrons. The van der Waals surface area contributed by atoms with Gasteiger partial charge < -0.3 is 14.8 Å². The van der Waals surface area contributed by atoms with E-state index in [1.807, 2.05) is 0 Å². The van der Waals surface area contributed by atoms with Crippen molar-refractivity contribution in [2.24, 2.45) is 0 Å². The third kappa shape index (κ3) is 4.21. The Morgan fingerprint density at radius 2 is 1.90 bits per heavy atom. The van der Waals surface area contributed by atoms with Crippen molar-refractivity contribution in [3.8, 4) is 22.8 Å². The normalized spacial score (nSPS) is 16.2. The summed E-state index contributed by atoms with van der Waals surface area (Å²) in [5, 5.41) is 7.53. The van der Waals surface area contributed by atoms with Crippen LogP contribution in [-0.4, -0.2) is 40.2 Å². The highest BCUT2D eigenvalue weighted by atomic mass is 19.4. The Bertz CT molecular complexity index is 1010. The summed E-state index contributed by atoms with van der Waals surface area (Å²) in [7, 11) is 0. The molecule has 1 N–H and O–H groups in total. The highest BCUT2D eigenvalue weighted by molar-refractivity contribution is 5.85. The first-order chi connectivity index (χ1) is 13.9. The molecular weight excluding hydrogens is 389 g/mol. The van der Waals surface area contributed by atoms with Crippen LogP contribution in [0.4, 0.5) is 19.1 Å². The summed E-state index contributed by atoms with van der Waals surface area (Å²) in [5.41, 5.74) is 1.42. The molecule has 29 heavy (non-hydrogen) atoms. The maximum Gasteiger partial charge on any atom is 0.573 e. The van der Waals surface area contributed by atoms with E-state index in [1.165, 1.54) is 28.9 Å². The van der Waals surface area contributed by atoms with E-state index in [0.717, 1.165) is 6.42 Å². The molecule has 4 rings (SSSR count). The average Bonchev–Trinajstić information content (AvgIpc) is 3.08. The largest absolute Gasteiger partial charge is 0.573 e. The Balaban J connectivity index is 1.71. The predicted molar refractivity (Wildman–Crippen MR) is 96.8 cm³/mol. The molecule has 0 amide bonds. The monoisotopic (exact) mass is 404 g/mol. The molecule has 2 heterocycles. The van der Waals surface area contributed by atoms with E-state index < -0.39 is 6.36 Å². The highest BCUT2D eigenvalue weighted by Gasteiger charge is 2.31. The summed E-state index contributed by atoms with van der Waals surface area (Å²) in [4.78, 5) is 15.8. The molecule has 1 unspecified atom stereocenters. The van der Waals surface area contributed by atoms with Crippen molar-refractivity contribution < 1.29 is 27.4 Å². The first kappa shape index (κ1) is 18.9. The summed E-state index contributed by atoms with van der Waals surface area (Å²) >= 11 is 0. The number of halogens is 3. The number of aromatic nitrogens is 3. The number of hydrogen-bond donors (Lipinski definition) is 1. The van der Waals surface area contributed by atoms with Crippen LogP contribution >= 0.6 is 0 Å². The fraction of sp³-hybridized carbons (Fsp3) is 0.211. The number of benzene rings is 2. The van der Waals surface area contributed by atoms with E-state index in [0.29, 0.717) is 41.5 Å². The van der Waals surface area contributed by atoms with Gasteiger partial charge in [-0.15, -0.1) is 18.3 Å². The molecule has 0 bridgehead atoms. The minimum atomic E-state index is -4.77. The molecule has 1 saturated heterocycles. The number of rotatable bonds is 6. The van der Waals surface area contributed by atoms with Gasteiger partial charge in [0.1, 0.15) is 12.0 Å². The first-order valence-electron chi connectivity index (χ1n) is 8.69. The van der Waals surface area contributed by atoms with Gasteiger partial charge in [-0.25, -0.2) is 0 Å². The Labute approximate surface area is 163 Å². The number of aldehydes is 1. The first-order valence-corrected chi connectivity index (χ1v) is 8.69. The Hall–Kier alpha value is -3.40. The van der Waals surface area contributed by atoms with E-state index in [4.69, 9.17) is 4.74 Å². The summed E-state index contributed by atoms with van der Waals surface area (Å²) in [6, 6.07) is 12.1. The lowest BCUT2D eigenvalue weighted by molar-refractivity contribution is -0.274. The van der Waals surface area contributed by atoms with Gasteiger partial charge in [0.25, 0.3) is 0 Å². The fourth-order valence-electron chi connectivity index (χ4n) is 2.79. The Morgan fingerprint density at radius 1 is 1.17 bits per heavy atom. The van der Waals surface area contributed by atoms with Crippen molar-refractivity contribution >= 4 is 12.2 Å². The van der Waals surface area contributed by atoms with Crippen LogP contribution in [-0.2, 0) is 4.74 Å². The van der Waals surface area contributed by atoms with Gasteiger partial charge in [-0.3, -0.25) is 4.79 Å². The van der Waals surface area contributed by atoms with Crippen LogP contribution < -0.4 is 10.1 Å². The minimum absolute atomic E-state index is 0.236. The number of anilines is 1. The third-order valence-corrected chi connectivity index (χ3v) is 4.24. The van der Waals surface area contributed by atoms with Gasteiger partial charge in [0.05, 0.1) is 12.3 Å². The van der Waals surface area contributed by atoms with Crippen LogP contribution in [0.3, 0.4) is 0 Å². The van der Waals surface area contributed by atoms with Gasteiger partial charge in [0, 0.05) is 17.5 Å². The molecular formula is C19H15F3N4O3. The average molecular weight is 404 g/mol. The van der Waals surface area contributed by atoms with E-state index >= 15 is 0 Å². The molecule has 0 radical (unpaired) electrons. The highest BCUT2D eigenvalue weighted by Crippen LogP contribution is 2.27. The lowest BCUT2D eigenvalue weighted by Crippen LogP contribution is -2.35. The third-order valence-electron chi connectivity index (χ3n) is 4.24. The molecule has 1 aliphatic rings. The van der Waals surface area contributed by atoms with Crippen LogP contribution in [0.5, 0.6) is 5.75 Å². The van der Waals surface area contributed by atoms with Gasteiger partial charge in [-0.2, -0.15) is 9.67 Å². The van der Waals surface area contributed by atoms with E-state index in [2.05, 4.69) is 20.1 Å². The standard InChI is InChI=1S/C19H15F3N4O3/c20-19(21,22)29-14-7-5-13(6-8-14)26-18(23-16-9-10-28-16)24-17(25-26)15-4-2-1-3-12(15)11-27/h1-8,11,16H,9-10H2,(H,23,24,25). The second-order valence-electron chi connectivity index (χ2n) is 6.21. The zero-order valence-electron chi connectivity index (χ0n) is 14.9. The van der Waals surface area contributed by atoms with Gasteiger partial charge in [-0.05, 0) is 24.3 Å². The lowest BCUT2D eigenvalue weighted by atomic mass is 10.1. The lowest BCUT2D eigenvalue weighted by Gasteiger charge is -2.27. The van der Waals surface area contributed by atoms with Crippen molar-refractivity contribution in [1.82, 2.24) is 14.8 Å². The molecule has 1 atom stereocenters. The minimum Gasteiger partial charge on any atom is -0.406 e. The second kappa shape index (κ2) is 7.55. The topological polar surface area (TPSA) is 78.3 Å². The number of alkyl halides is 3. The Morgan fingerprint density at radius 3 is 2.52 bits per heavy atom. The molecule has 7 nitrogen and oxygen atoms in total. The number of hydrogen-bond acceptors (Lipinski definition) is 6. The van der Waals surface area contributed by atoms with E-state index in [-0.39, 0.29) is 12.0 Å². The van der Waals surface area contributed by atoms with E-state index in [1.54, 1.807) is 24.3 Å². The second-order valence-corrected chi connectivity index (χ2v) is 6.21. The molecule has 1 aromatic heterocycles. The zero-order valence-corrected chi connectivity index (χ0v) is 14.9. The van der Waals surface area contributed by atoms with Gasteiger partial charge in [-0.1, -0.05) is 24.3 Å². The van der Waals surface area contributed by atoms with Crippen molar-refractivity contribution in [2.45, 2.75) is 19.0 Å². The van der Waals surface area contributed by atoms with E-state index in [9.17, 15) is 18.0 Å². The number of nitrogens with one attached hydrogen (secondary N) is 1. The zero-order chi connectivity index (χ0) is 20.4. The molecule has 0 spiro atoms. The summed E-state index contributed by atoms with van der Waals surface area (Å²) in [6.07, 6.45) is -3.51. The summed E-state index contributed by atoms with van der Waals surface area (Å²) < 4.78 is 47.8. The maximum atomic E-state index is 12.4. The number of ether oxygens (including phenoxy) is 2. The molecule has 2 aromatic carbocycles. The molecule has 1 fully saturated rings. The van der Waals surface area contributed by atoms with Crippen molar-refractivity contribution in [2.75, 3.05) is 11.9 Å². The SMILES string of the molecule is O=Cc1ccccc1-c1nc(NC2CCO2)n(-c2ccc(OC(F)(F)F)cc2)n1. The summed E-state index contributed by atoms with van der Waals surface area (Å²) in [6.45, 7) is 0.621. The van der Waals surface area contributed by atoms with Crippen molar-refractivity contribution in [1.29, 1.82) is 0 Å². The molecule has 0 saturated carbocycles. The van der Waals surface area contributed by atoms with Crippen LogP contribution in [0.1, 0.15) is 16.8 Å².